The quantitative estimate of drug-likeness (QED) is 0.840. The highest BCUT2D eigenvalue weighted by molar-refractivity contribution is 7.99. The Morgan fingerprint density at radius 1 is 1.57 bits per heavy atom. The molecule has 0 spiro atoms. The fraction of sp³-hybridized carbons (Fsp3) is 0.667. The third kappa shape index (κ3) is 1.89. The molecule has 0 bridgehead atoms. The van der Waals surface area contributed by atoms with E-state index in [0.717, 1.165) is 18.2 Å². The fourth-order valence-corrected chi connectivity index (χ4v) is 3.32. The first kappa shape index (κ1) is 10.3. The number of hydrogen-bond acceptors (Lipinski definition) is 5. The van der Waals surface area contributed by atoms with Crippen molar-refractivity contribution in [1.82, 2.24) is 9.69 Å². The normalized spacial score (nSPS) is 22.3. The molecule has 0 aromatic carbocycles. The van der Waals surface area contributed by atoms with E-state index in [-0.39, 0.29) is 0 Å². The summed E-state index contributed by atoms with van der Waals surface area (Å²) in [6.45, 7) is 3.18. The summed E-state index contributed by atoms with van der Waals surface area (Å²) in [7, 11) is 1.69. The SMILES string of the molecule is COc1nsc(C)c1C1CSCCN1. The summed E-state index contributed by atoms with van der Waals surface area (Å²) in [6.07, 6.45) is 0. The number of ether oxygens (including phenoxy) is 1. The standard InChI is InChI=1S/C9H14N2OS2/c1-6-8(9(12-2)11-14-6)7-5-13-4-3-10-7/h7,10H,3-5H2,1-2H3. The largest absolute Gasteiger partial charge is 0.480 e. The second kappa shape index (κ2) is 4.51. The van der Waals surface area contributed by atoms with Crippen LogP contribution in [0.4, 0.5) is 0 Å². The highest BCUT2D eigenvalue weighted by Crippen LogP contribution is 2.33. The summed E-state index contributed by atoms with van der Waals surface area (Å²) in [6, 6.07) is 0.419. The van der Waals surface area contributed by atoms with Crippen molar-refractivity contribution in [3.05, 3.63) is 10.4 Å². The van der Waals surface area contributed by atoms with Crippen LogP contribution in [0, 0.1) is 6.92 Å². The van der Waals surface area contributed by atoms with E-state index in [4.69, 9.17) is 4.74 Å². The molecule has 1 aromatic heterocycles. The van der Waals surface area contributed by atoms with Gasteiger partial charge in [0, 0.05) is 34.5 Å². The molecule has 1 saturated heterocycles. The molecule has 0 aliphatic carbocycles. The van der Waals surface area contributed by atoms with Gasteiger partial charge in [0.1, 0.15) is 0 Å². The number of aromatic nitrogens is 1. The number of rotatable bonds is 2. The summed E-state index contributed by atoms with van der Waals surface area (Å²) < 4.78 is 9.55. The molecule has 2 rings (SSSR count). The van der Waals surface area contributed by atoms with Crippen molar-refractivity contribution in [2.75, 3.05) is 25.2 Å². The number of nitrogens with one attached hydrogen (secondary N) is 1. The summed E-state index contributed by atoms with van der Waals surface area (Å²) in [4.78, 5) is 1.27. The highest BCUT2D eigenvalue weighted by Gasteiger charge is 2.23. The smallest absolute Gasteiger partial charge is 0.230 e. The lowest BCUT2D eigenvalue weighted by Crippen LogP contribution is -2.30. The lowest BCUT2D eigenvalue weighted by atomic mass is 10.1. The van der Waals surface area contributed by atoms with Gasteiger partial charge in [0.2, 0.25) is 5.88 Å². The van der Waals surface area contributed by atoms with E-state index in [1.165, 1.54) is 27.7 Å². The van der Waals surface area contributed by atoms with Crippen LogP contribution in [-0.4, -0.2) is 29.5 Å². The van der Waals surface area contributed by atoms with Crippen LogP contribution in [0.25, 0.3) is 0 Å². The lowest BCUT2D eigenvalue weighted by Gasteiger charge is -2.23. The second-order valence-corrected chi connectivity index (χ2v) is 5.37. The van der Waals surface area contributed by atoms with E-state index >= 15 is 0 Å². The van der Waals surface area contributed by atoms with Crippen LogP contribution in [0.5, 0.6) is 5.88 Å². The molecule has 0 radical (unpaired) electrons. The first-order chi connectivity index (χ1) is 6.83. The Morgan fingerprint density at radius 2 is 2.43 bits per heavy atom. The zero-order valence-corrected chi connectivity index (χ0v) is 10.0. The third-order valence-corrected chi connectivity index (χ3v) is 4.15. The van der Waals surface area contributed by atoms with Crippen molar-refractivity contribution in [2.24, 2.45) is 0 Å². The van der Waals surface area contributed by atoms with Gasteiger partial charge >= 0.3 is 0 Å². The van der Waals surface area contributed by atoms with Crippen LogP contribution in [-0.2, 0) is 0 Å². The van der Waals surface area contributed by atoms with Gasteiger partial charge in [-0.3, -0.25) is 0 Å². The number of methoxy groups -OCH3 is 1. The second-order valence-electron chi connectivity index (χ2n) is 3.24. The molecule has 0 amide bonds. The minimum atomic E-state index is 0.419. The zero-order chi connectivity index (χ0) is 9.97. The Balaban J connectivity index is 2.23. The van der Waals surface area contributed by atoms with Crippen LogP contribution in [0.3, 0.4) is 0 Å². The van der Waals surface area contributed by atoms with Crippen LogP contribution >= 0.6 is 23.3 Å². The van der Waals surface area contributed by atoms with Gasteiger partial charge < -0.3 is 10.1 Å². The minimum absolute atomic E-state index is 0.419. The van der Waals surface area contributed by atoms with Crippen molar-refractivity contribution >= 4 is 23.3 Å². The zero-order valence-electron chi connectivity index (χ0n) is 8.37. The van der Waals surface area contributed by atoms with E-state index in [0.29, 0.717) is 6.04 Å². The first-order valence-electron chi connectivity index (χ1n) is 4.64. The van der Waals surface area contributed by atoms with Gasteiger partial charge in [-0.15, -0.1) is 0 Å². The summed E-state index contributed by atoms with van der Waals surface area (Å²) in [5.74, 6) is 3.12. The maximum atomic E-state index is 5.27. The first-order valence-corrected chi connectivity index (χ1v) is 6.57. The van der Waals surface area contributed by atoms with Crippen LogP contribution in [0.15, 0.2) is 0 Å². The van der Waals surface area contributed by atoms with E-state index in [9.17, 15) is 0 Å². The van der Waals surface area contributed by atoms with E-state index < -0.39 is 0 Å². The third-order valence-electron chi connectivity index (χ3n) is 2.34. The van der Waals surface area contributed by atoms with Gasteiger partial charge in [0.05, 0.1) is 7.11 Å². The topological polar surface area (TPSA) is 34.1 Å². The van der Waals surface area contributed by atoms with Gasteiger partial charge in [-0.25, -0.2) is 0 Å². The molecular formula is C9H14N2OS2. The molecule has 0 saturated carbocycles. The molecule has 1 aliphatic rings. The number of thioether (sulfide) groups is 1. The molecule has 1 atom stereocenters. The Labute approximate surface area is 92.4 Å². The molecule has 1 aliphatic heterocycles. The Kier molecular flexibility index (Phi) is 3.30. The molecular weight excluding hydrogens is 216 g/mol. The molecule has 5 heteroatoms. The molecule has 78 valence electrons. The summed E-state index contributed by atoms with van der Waals surface area (Å²) in [5.41, 5.74) is 1.25. The molecule has 3 nitrogen and oxygen atoms in total. The molecule has 14 heavy (non-hydrogen) atoms. The van der Waals surface area contributed by atoms with Gasteiger partial charge in [-0.2, -0.15) is 16.1 Å². The van der Waals surface area contributed by atoms with E-state index in [1.807, 2.05) is 11.8 Å². The summed E-state index contributed by atoms with van der Waals surface area (Å²) >= 11 is 3.51. The fourth-order valence-electron chi connectivity index (χ4n) is 1.65. The molecule has 1 fully saturated rings. The lowest BCUT2D eigenvalue weighted by molar-refractivity contribution is 0.390. The maximum absolute atomic E-state index is 5.27. The number of nitrogens with zero attached hydrogens (tertiary/aromatic N) is 1. The maximum Gasteiger partial charge on any atom is 0.230 e. The average molecular weight is 230 g/mol. The molecule has 2 heterocycles. The Bertz CT molecular complexity index is 308. The van der Waals surface area contributed by atoms with Gasteiger partial charge in [0.15, 0.2) is 0 Å². The molecule has 1 aromatic rings. The summed E-state index contributed by atoms with van der Waals surface area (Å²) in [5, 5.41) is 3.50. The Hall–Kier alpha value is -0.260. The van der Waals surface area contributed by atoms with Crippen LogP contribution in [0.2, 0.25) is 0 Å². The van der Waals surface area contributed by atoms with Crippen molar-refractivity contribution in [1.29, 1.82) is 0 Å². The van der Waals surface area contributed by atoms with E-state index in [2.05, 4.69) is 16.6 Å². The van der Waals surface area contributed by atoms with Crippen molar-refractivity contribution in [3.63, 3.8) is 0 Å². The number of hydrogen-bond donors (Lipinski definition) is 1. The highest BCUT2D eigenvalue weighted by atomic mass is 32.2. The van der Waals surface area contributed by atoms with Crippen LogP contribution < -0.4 is 10.1 Å². The van der Waals surface area contributed by atoms with E-state index in [1.54, 1.807) is 7.11 Å². The van der Waals surface area contributed by atoms with Crippen molar-refractivity contribution in [3.8, 4) is 5.88 Å². The van der Waals surface area contributed by atoms with Crippen molar-refractivity contribution < 1.29 is 4.74 Å². The average Bonchev–Trinajstić information content (AvgIpc) is 2.61. The van der Waals surface area contributed by atoms with Gasteiger partial charge in [-0.1, -0.05) is 0 Å². The monoisotopic (exact) mass is 230 g/mol. The predicted molar refractivity (Wildman–Crippen MR) is 61.5 cm³/mol. The number of aryl methyl sites for hydroxylation is 1. The van der Waals surface area contributed by atoms with Gasteiger partial charge in [0.25, 0.3) is 0 Å². The van der Waals surface area contributed by atoms with Crippen molar-refractivity contribution in [2.45, 2.75) is 13.0 Å². The predicted octanol–water partition coefficient (Wildman–Crippen LogP) is 1.84. The minimum Gasteiger partial charge on any atom is -0.480 e. The van der Waals surface area contributed by atoms with Gasteiger partial charge in [-0.05, 0) is 18.5 Å². The van der Waals surface area contributed by atoms with Crippen LogP contribution in [0.1, 0.15) is 16.5 Å². The Morgan fingerprint density at radius 3 is 3.07 bits per heavy atom. The molecule has 1 unspecified atom stereocenters. The molecule has 1 N–H and O–H groups in total.